The van der Waals surface area contributed by atoms with E-state index in [9.17, 15) is 4.79 Å². The fourth-order valence-electron chi connectivity index (χ4n) is 4.06. The molecular formula is C15H27N3O. The summed E-state index contributed by atoms with van der Waals surface area (Å²) in [5, 5.41) is 3.40. The smallest absolute Gasteiger partial charge is 0.230 e. The monoisotopic (exact) mass is 265 g/mol. The van der Waals surface area contributed by atoms with Gasteiger partial charge in [-0.3, -0.25) is 9.69 Å². The molecule has 3 aliphatic rings. The van der Waals surface area contributed by atoms with Crippen LogP contribution < -0.4 is 5.32 Å². The van der Waals surface area contributed by atoms with Crippen molar-refractivity contribution in [3.63, 3.8) is 0 Å². The summed E-state index contributed by atoms with van der Waals surface area (Å²) in [5.41, 5.74) is -0.173. The van der Waals surface area contributed by atoms with Crippen LogP contribution in [0, 0.1) is 5.41 Å². The molecule has 0 bridgehead atoms. The van der Waals surface area contributed by atoms with Crippen molar-refractivity contribution in [3.05, 3.63) is 0 Å². The fourth-order valence-corrected chi connectivity index (χ4v) is 4.06. The van der Waals surface area contributed by atoms with Crippen LogP contribution in [0.3, 0.4) is 0 Å². The molecule has 0 aromatic heterocycles. The second-order valence-corrected chi connectivity index (χ2v) is 6.94. The molecule has 1 N–H and O–H groups in total. The van der Waals surface area contributed by atoms with E-state index in [0.717, 1.165) is 39.0 Å². The van der Waals surface area contributed by atoms with Crippen LogP contribution in [0.4, 0.5) is 0 Å². The van der Waals surface area contributed by atoms with Gasteiger partial charge in [0.25, 0.3) is 0 Å². The minimum atomic E-state index is -0.173. The van der Waals surface area contributed by atoms with Gasteiger partial charge >= 0.3 is 0 Å². The second-order valence-electron chi connectivity index (χ2n) is 6.94. The number of carbonyl (C=O) groups is 1. The highest BCUT2D eigenvalue weighted by molar-refractivity contribution is 5.83. The molecule has 0 radical (unpaired) electrons. The molecule has 3 rings (SSSR count). The minimum Gasteiger partial charge on any atom is -0.337 e. The van der Waals surface area contributed by atoms with Crippen LogP contribution in [0.1, 0.15) is 39.5 Å². The average Bonchev–Trinajstić information content (AvgIpc) is 2.85. The summed E-state index contributed by atoms with van der Waals surface area (Å²) in [6.07, 6.45) is 4.74. The number of piperidine rings is 1. The van der Waals surface area contributed by atoms with E-state index in [0.29, 0.717) is 18.0 Å². The van der Waals surface area contributed by atoms with E-state index in [1.54, 1.807) is 0 Å². The SMILES string of the molecule is CC1CN2CCCC2CN1C(=O)C1(C)CCCNC1. The van der Waals surface area contributed by atoms with Gasteiger partial charge in [0.1, 0.15) is 0 Å². The highest BCUT2D eigenvalue weighted by atomic mass is 16.2. The van der Waals surface area contributed by atoms with Crippen molar-refractivity contribution in [3.8, 4) is 0 Å². The van der Waals surface area contributed by atoms with Gasteiger partial charge in [-0.05, 0) is 52.6 Å². The number of amides is 1. The van der Waals surface area contributed by atoms with E-state index < -0.39 is 0 Å². The van der Waals surface area contributed by atoms with Crippen molar-refractivity contribution in [2.45, 2.75) is 51.6 Å². The Morgan fingerprint density at radius 1 is 1.32 bits per heavy atom. The van der Waals surface area contributed by atoms with E-state index in [-0.39, 0.29) is 5.41 Å². The first kappa shape index (κ1) is 13.4. The molecule has 3 unspecified atom stereocenters. The molecule has 3 aliphatic heterocycles. The largest absolute Gasteiger partial charge is 0.337 e. The summed E-state index contributed by atoms with van der Waals surface area (Å²) in [6, 6.07) is 1.00. The van der Waals surface area contributed by atoms with Crippen molar-refractivity contribution in [2.75, 3.05) is 32.7 Å². The lowest BCUT2D eigenvalue weighted by Gasteiger charge is -2.46. The predicted molar refractivity (Wildman–Crippen MR) is 76.0 cm³/mol. The van der Waals surface area contributed by atoms with E-state index in [2.05, 4.69) is 29.0 Å². The molecule has 19 heavy (non-hydrogen) atoms. The Morgan fingerprint density at radius 3 is 2.89 bits per heavy atom. The first-order chi connectivity index (χ1) is 9.10. The van der Waals surface area contributed by atoms with E-state index in [1.807, 2.05) is 0 Å². The number of nitrogens with one attached hydrogen (secondary N) is 1. The third-order valence-electron chi connectivity index (χ3n) is 5.31. The first-order valence-corrected chi connectivity index (χ1v) is 7.86. The Hall–Kier alpha value is -0.610. The summed E-state index contributed by atoms with van der Waals surface area (Å²) in [7, 11) is 0. The number of piperazine rings is 1. The van der Waals surface area contributed by atoms with Gasteiger partial charge in [0, 0.05) is 31.7 Å². The zero-order valence-corrected chi connectivity index (χ0v) is 12.3. The standard InChI is InChI=1S/C15H27N3O/c1-12-9-17-8-3-5-13(17)10-18(12)14(19)15(2)6-4-7-16-11-15/h12-13,16H,3-11H2,1-2H3. The van der Waals surface area contributed by atoms with Gasteiger partial charge in [0.15, 0.2) is 0 Å². The molecule has 0 aromatic carbocycles. The Balaban J connectivity index is 1.71. The molecule has 4 heteroatoms. The van der Waals surface area contributed by atoms with Gasteiger partial charge in [-0.2, -0.15) is 0 Å². The number of nitrogens with zero attached hydrogens (tertiary/aromatic N) is 2. The Morgan fingerprint density at radius 2 is 2.16 bits per heavy atom. The normalized spacial score (nSPS) is 40.2. The Bertz CT molecular complexity index is 351. The van der Waals surface area contributed by atoms with Crippen molar-refractivity contribution >= 4 is 5.91 Å². The third kappa shape index (κ3) is 2.40. The van der Waals surface area contributed by atoms with Crippen LogP contribution in [0.25, 0.3) is 0 Å². The summed E-state index contributed by atoms with van der Waals surface area (Å²) in [4.78, 5) is 17.7. The predicted octanol–water partition coefficient (Wildman–Crippen LogP) is 1.07. The lowest BCUT2D eigenvalue weighted by atomic mass is 9.80. The average molecular weight is 265 g/mol. The van der Waals surface area contributed by atoms with Crippen LogP contribution in [-0.2, 0) is 4.79 Å². The summed E-state index contributed by atoms with van der Waals surface area (Å²) >= 11 is 0. The molecule has 3 fully saturated rings. The Labute approximate surface area is 116 Å². The zero-order valence-electron chi connectivity index (χ0n) is 12.3. The molecule has 0 aromatic rings. The third-order valence-corrected chi connectivity index (χ3v) is 5.31. The number of fused-ring (bicyclic) bond motifs is 1. The number of hydrogen-bond donors (Lipinski definition) is 1. The molecule has 3 heterocycles. The fraction of sp³-hybridized carbons (Fsp3) is 0.933. The maximum atomic E-state index is 12.9. The maximum absolute atomic E-state index is 12.9. The van der Waals surface area contributed by atoms with Crippen molar-refractivity contribution < 1.29 is 4.79 Å². The van der Waals surface area contributed by atoms with E-state index >= 15 is 0 Å². The van der Waals surface area contributed by atoms with Crippen LogP contribution in [0.5, 0.6) is 0 Å². The summed E-state index contributed by atoms with van der Waals surface area (Å²) in [5.74, 6) is 0.388. The number of hydrogen-bond acceptors (Lipinski definition) is 3. The van der Waals surface area contributed by atoms with Gasteiger partial charge < -0.3 is 10.2 Å². The van der Waals surface area contributed by atoms with Crippen molar-refractivity contribution in [1.82, 2.24) is 15.1 Å². The molecule has 0 spiro atoms. The van der Waals surface area contributed by atoms with Crippen molar-refractivity contribution in [2.24, 2.45) is 5.41 Å². The quantitative estimate of drug-likeness (QED) is 0.770. The van der Waals surface area contributed by atoms with Crippen LogP contribution in [0.15, 0.2) is 0 Å². The molecule has 3 atom stereocenters. The molecule has 3 saturated heterocycles. The molecule has 0 saturated carbocycles. The van der Waals surface area contributed by atoms with Crippen LogP contribution in [0.2, 0.25) is 0 Å². The van der Waals surface area contributed by atoms with Crippen molar-refractivity contribution in [1.29, 1.82) is 0 Å². The Kier molecular flexibility index (Phi) is 3.56. The van der Waals surface area contributed by atoms with Crippen LogP contribution in [-0.4, -0.2) is 60.5 Å². The van der Waals surface area contributed by atoms with E-state index in [4.69, 9.17) is 0 Å². The lowest BCUT2D eigenvalue weighted by Crippen LogP contribution is -2.61. The topological polar surface area (TPSA) is 35.6 Å². The van der Waals surface area contributed by atoms with Crippen LogP contribution >= 0.6 is 0 Å². The summed E-state index contributed by atoms with van der Waals surface area (Å²) < 4.78 is 0. The van der Waals surface area contributed by atoms with Gasteiger partial charge in [-0.1, -0.05) is 0 Å². The number of rotatable bonds is 1. The molecular weight excluding hydrogens is 238 g/mol. The lowest BCUT2D eigenvalue weighted by molar-refractivity contribution is -0.148. The minimum absolute atomic E-state index is 0.173. The van der Waals surface area contributed by atoms with Gasteiger partial charge in [0.05, 0.1) is 5.41 Å². The van der Waals surface area contributed by atoms with Gasteiger partial charge in [-0.25, -0.2) is 0 Å². The highest BCUT2D eigenvalue weighted by Gasteiger charge is 2.43. The molecule has 108 valence electrons. The van der Waals surface area contributed by atoms with E-state index in [1.165, 1.54) is 19.4 Å². The molecule has 0 aliphatic carbocycles. The zero-order chi connectivity index (χ0) is 13.5. The highest BCUT2D eigenvalue weighted by Crippen LogP contribution is 2.32. The van der Waals surface area contributed by atoms with Gasteiger partial charge in [0.2, 0.25) is 5.91 Å². The second kappa shape index (κ2) is 5.06. The summed E-state index contributed by atoms with van der Waals surface area (Å²) in [6.45, 7) is 9.53. The first-order valence-electron chi connectivity index (χ1n) is 7.86. The molecule has 4 nitrogen and oxygen atoms in total. The maximum Gasteiger partial charge on any atom is 0.230 e. The van der Waals surface area contributed by atoms with Gasteiger partial charge in [-0.15, -0.1) is 0 Å². The molecule has 1 amide bonds. The number of carbonyl (C=O) groups excluding carboxylic acids is 1.